The number of anilines is 1. The lowest BCUT2D eigenvalue weighted by atomic mass is 9.96. The molecule has 148 valence electrons. The van der Waals surface area contributed by atoms with Gasteiger partial charge in [-0.2, -0.15) is 0 Å². The topological polar surface area (TPSA) is 98.4 Å². The van der Waals surface area contributed by atoms with Crippen molar-refractivity contribution in [2.24, 2.45) is 17.4 Å². The second kappa shape index (κ2) is 7.42. The molecule has 0 unspecified atom stereocenters. The molecule has 1 aromatic carbocycles. The zero-order valence-corrected chi connectivity index (χ0v) is 16.3. The quantitative estimate of drug-likeness (QED) is 0.558. The van der Waals surface area contributed by atoms with Crippen LogP contribution in [-0.4, -0.2) is 39.2 Å². The molecule has 1 saturated heterocycles. The van der Waals surface area contributed by atoms with E-state index >= 15 is 0 Å². The Morgan fingerprint density at radius 3 is 2.66 bits per heavy atom. The van der Waals surface area contributed by atoms with E-state index in [2.05, 4.69) is 39.4 Å². The standard InChI is InChI=1S/C22H25N7/c23-13-15-6-9-28(10-7-15)19-3-1-2-17-4-5-18(25-21(17)19)22-27-26-20-12-16(14-24)8-11-29(20)22/h1-5,8,11-12,15H,6-7,9-10,13-14,23-24H2. The second-order valence-electron chi connectivity index (χ2n) is 7.70. The van der Waals surface area contributed by atoms with Crippen LogP contribution >= 0.6 is 0 Å². The Hall–Kier alpha value is -3.03. The maximum absolute atomic E-state index is 5.86. The average molecular weight is 387 g/mol. The summed E-state index contributed by atoms with van der Waals surface area (Å²) in [6.45, 7) is 3.29. The van der Waals surface area contributed by atoms with Crippen LogP contribution in [0.15, 0.2) is 48.7 Å². The van der Waals surface area contributed by atoms with E-state index in [-0.39, 0.29) is 0 Å². The molecule has 0 saturated carbocycles. The first-order valence-electron chi connectivity index (χ1n) is 10.2. The van der Waals surface area contributed by atoms with E-state index in [1.54, 1.807) is 0 Å². The Balaban J connectivity index is 1.57. The number of fused-ring (bicyclic) bond motifs is 2. The number of hydrogen-bond donors (Lipinski definition) is 2. The lowest BCUT2D eigenvalue weighted by molar-refractivity contribution is 0.415. The molecule has 4 aromatic rings. The molecule has 0 amide bonds. The molecule has 29 heavy (non-hydrogen) atoms. The third kappa shape index (κ3) is 3.22. The van der Waals surface area contributed by atoms with Crippen molar-refractivity contribution in [1.29, 1.82) is 0 Å². The Morgan fingerprint density at radius 2 is 1.86 bits per heavy atom. The molecule has 7 heteroatoms. The number of piperidine rings is 1. The highest BCUT2D eigenvalue weighted by molar-refractivity contribution is 5.92. The van der Waals surface area contributed by atoms with Crippen molar-refractivity contribution in [2.75, 3.05) is 24.5 Å². The summed E-state index contributed by atoms with van der Waals surface area (Å²) in [4.78, 5) is 7.44. The molecule has 1 aliphatic heterocycles. The van der Waals surface area contributed by atoms with E-state index in [0.717, 1.165) is 66.1 Å². The lowest BCUT2D eigenvalue weighted by Crippen LogP contribution is -2.36. The van der Waals surface area contributed by atoms with Gasteiger partial charge >= 0.3 is 0 Å². The lowest BCUT2D eigenvalue weighted by Gasteiger charge is -2.33. The van der Waals surface area contributed by atoms with E-state index in [4.69, 9.17) is 16.5 Å². The molecule has 4 heterocycles. The molecule has 0 atom stereocenters. The van der Waals surface area contributed by atoms with Crippen molar-refractivity contribution in [3.8, 4) is 11.5 Å². The summed E-state index contributed by atoms with van der Waals surface area (Å²) in [7, 11) is 0. The molecule has 0 aliphatic carbocycles. The van der Waals surface area contributed by atoms with Crippen LogP contribution in [-0.2, 0) is 6.54 Å². The molecule has 0 radical (unpaired) electrons. The van der Waals surface area contributed by atoms with E-state index in [1.165, 1.54) is 5.69 Å². The number of nitrogens with zero attached hydrogens (tertiary/aromatic N) is 5. The number of nitrogens with two attached hydrogens (primary N) is 2. The molecule has 1 aliphatic rings. The molecule has 0 spiro atoms. The molecule has 7 nitrogen and oxygen atoms in total. The van der Waals surface area contributed by atoms with Crippen molar-refractivity contribution < 1.29 is 0 Å². The minimum atomic E-state index is 0.483. The Bertz CT molecular complexity index is 1160. The number of pyridine rings is 2. The molecule has 1 fully saturated rings. The number of hydrogen-bond acceptors (Lipinski definition) is 6. The fourth-order valence-electron chi connectivity index (χ4n) is 4.16. The van der Waals surface area contributed by atoms with Gasteiger partial charge in [0.15, 0.2) is 11.5 Å². The summed E-state index contributed by atoms with van der Waals surface area (Å²) in [6.07, 6.45) is 4.22. The van der Waals surface area contributed by atoms with Crippen LogP contribution in [0.4, 0.5) is 5.69 Å². The van der Waals surface area contributed by atoms with E-state index in [9.17, 15) is 0 Å². The summed E-state index contributed by atoms with van der Waals surface area (Å²) in [5.74, 6) is 1.37. The van der Waals surface area contributed by atoms with Gasteiger partial charge in [0.1, 0.15) is 5.69 Å². The molecular formula is C22H25N7. The largest absolute Gasteiger partial charge is 0.370 e. The van der Waals surface area contributed by atoms with Gasteiger partial charge in [0.25, 0.3) is 0 Å². The van der Waals surface area contributed by atoms with Gasteiger partial charge < -0.3 is 16.4 Å². The third-order valence-electron chi connectivity index (χ3n) is 5.93. The van der Waals surface area contributed by atoms with E-state index in [0.29, 0.717) is 12.5 Å². The second-order valence-corrected chi connectivity index (χ2v) is 7.70. The van der Waals surface area contributed by atoms with Crippen LogP contribution in [0.25, 0.3) is 28.1 Å². The fourth-order valence-corrected chi connectivity index (χ4v) is 4.16. The average Bonchev–Trinajstić information content (AvgIpc) is 3.21. The number of aromatic nitrogens is 4. The number of rotatable bonds is 4. The van der Waals surface area contributed by atoms with Crippen LogP contribution in [0.3, 0.4) is 0 Å². The Labute approximate surface area is 169 Å². The minimum Gasteiger partial charge on any atom is -0.370 e. The van der Waals surface area contributed by atoms with Gasteiger partial charge in [-0.05, 0) is 55.1 Å². The van der Waals surface area contributed by atoms with Gasteiger partial charge in [0.05, 0.1) is 11.2 Å². The molecule has 4 N–H and O–H groups in total. The number of para-hydroxylation sites is 1. The highest BCUT2D eigenvalue weighted by Gasteiger charge is 2.20. The van der Waals surface area contributed by atoms with Gasteiger partial charge in [0.2, 0.25) is 0 Å². The predicted octanol–water partition coefficient (Wildman–Crippen LogP) is 2.58. The van der Waals surface area contributed by atoms with Gasteiger partial charge in [-0.25, -0.2) is 4.98 Å². The van der Waals surface area contributed by atoms with E-state index in [1.807, 2.05) is 28.8 Å². The van der Waals surface area contributed by atoms with E-state index < -0.39 is 0 Å². The molecule has 3 aromatic heterocycles. The SMILES string of the molecule is NCc1ccn2c(-c3ccc4cccc(N5CCC(CN)CC5)c4n3)nnc2c1. The summed E-state index contributed by atoms with van der Waals surface area (Å²) in [6, 6.07) is 14.5. The molecular weight excluding hydrogens is 362 g/mol. The summed E-state index contributed by atoms with van der Waals surface area (Å²) < 4.78 is 1.96. The minimum absolute atomic E-state index is 0.483. The van der Waals surface area contributed by atoms with Crippen LogP contribution in [0.5, 0.6) is 0 Å². The predicted molar refractivity (Wildman–Crippen MR) is 116 cm³/mol. The molecule has 5 rings (SSSR count). The van der Waals surface area contributed by atoms with Gasteiger partial charge in [0, 0.05) is 31.2 Å². The summed E-state index contributed by atoms with van der Waals surface area (Å²) in [5, 5.41) is 9.83. The monoisotopic (exact) mass is 387 g/mol. The maximum Gasteiger partial charge on any atom is 0.187 e. The zero-order chi connectivity index (χ0) is 19.8. The van der Waals surface area contributed by atoms with Crippen molar-refractivity contribution in [3.63, 3.8) is 0 Å². The van der Waals surface area contributed by atoms with Crippen molar-refractivity contribution >= 4 is 22.2 Å². The summed E-state index contributed by atoms with van der Waals surface area (Å²) >= 11 is 0. The van der Waals surface area contributed by atoms with Crippen LogP contribution in [0.1, 0.15) is 18.4 Å². The first kappa shape index (κ1) is 18.0. The highest BCUT2D eigenvalue weighted by Crippen LogP contribution is 2.30. The Kier molecular flexibility index (Phi) is 4.61. The summed E-state index contributed by atoms with van der Waals surface area (Å²) in [5.41, 5.74) is 16.4. The first-order valence-corrected chi connectivity index (χ1v) is 10.2. The highest BCUT2D eigenvalue weighted by atomic mass is 15.3. The van der Waals surface area contributed by atoms with Crippen LogP contribution in [0.2, 0.25) is 0 Å². The molecule has 0 bridgehead atoms. The van der Waals surface area contributed by atoms with Gasteiger partial charge in [-0.3, -0.25) is 4.40 Å². The Morgan fingerprint density at radius 1 is 1.00 bits per heavy atom. The van der Waals surface area contributed by atoms with Gasteiger partial charge in [-0.15, -0.1) is 10.2 Å². The van der Waals surface area contributed by atoms with Gasteiger partial charge in [-0.1, -0.05) is 18.2 Å². The fraction of sp³-hybridized carbons (Fsp3) is 0.318. The number of benzene rings is 1. The van der Waals surface area contributed by atoms with Crippen LogP contribution in [0, 0.1) is 5.92 Å². The van der Waals surface area contributed by atoms with Crippen LogP contribution < -0.4 is 16.4 Å². The van der Waals surface area contributed by atoms with Crippen molar-refractivity contribution in [2.45, 2.75) is 19.4 Å². The third-order valence-corrected chi connectivity index (χ3v) is 5.93. The smallest absolute Gasteiger partial charge is 0.187 e. The van der Waals surface area contributed by atoms with Crippen molar-refractivity contribution in [3.05, 3.63) is 54.2 Å². The normalized spacial score (nSPS) is 15.4. The zero-order valence-electron chi connectivity index (χ0n) is 16.3. The van der Waals surface area contributed by atoms with Crippen molar-refractivity contribution in [1.82, 2.24) is 19.6 Å². The maximum atomic E-state index is 5.86. The first-order chi connectivity index (χ1) is 14.3.